The second-order valence-electron chi connectivity index (χ2n) is 8.31. The van der Waals surface area contributed by atoms with Gasteiger partial charge < -0.3 is 29.3 Å². The molecule has 2 N–H and O–H groups in total. The molecule has 3 aromatic rings. The Morgan fingerprint density at radius 1 is 1.29 bits per heavy atom. The summed E-state index contributed by atoms with van der Waals surface area (Å²) in [6.45, 7) is 7.40. The molecule has 1 fully saturated rings. The van der Waals surface area contributed by atoms with E-state index < -0.39 is 5.60 Å². The van der Waals surface area contributed by atoms with Gasteiger partial charge in [0.25, 0.3) is 6.01 Å². The number of ether oxygens (including phenoxy) is 3. The van der Waals surface area contributed by atoms with Crippen LogP contribution in [0, 0.1) is 0 Å². The minimum Gasteiger partial charge on any atom is -0.424 e. The summed E-state index contributed by atoms with van der Waals surface area (Å²) in [5.74, 6) is 1.54. The number of hydrogen-bond acceptors (Lipinski definition) is 9. The van der Waals surface area contributed by atoms with Crippen LogP contribution >= 0.6 is 0 Å². The topological polar surface area (TPSA) is 109 Å². The second-order valence-corrected chi connectivity index (χ2v) is 8.31. The molecule has 0 amide bonds. The first-order chi connectivity index (χ1) is 15.0. The first kappa shape index (κ1) is 20.2. The lowest BCUT2D eigenvalue weighted by atomic mass is 9.96. The number of nitrogens with two attached hydrogens (primary N) is 1. The average molecular weight is 425 g/mol. The van der Waals surface area contributed by atoms with Crippen molar-refractivity contribution in [3.8, 4) is 11.4 Å². The molecule has 4 heterocycles. The summed E-state index contributed by atoms with van der Waals surface area (Å²) in [4.78, 5) is 16.5. The largest absolute Gasteiger partial charge is 0.424 e. The van der Waals surface area contributed by atoms with Gasteiger partial charge >= 0.3 is 0 Å². The summed E-state index contributed by atoms with van der Waals surface area (Å²) >= 11 is 0. The van der Waals surface area contributed by atoms with Gasteiger partial charge in [-0.25, -0.2) is 9.97 Å². The molecule has 0 radical (unpaired) electrons. The quantitative estimate of drug-likeness (QED) is 0.660. The molecule has 2 atom stereocenters. The monoisotopic (exact) mass is 425 g/mol. The molecule has 0 bridgehead atoms. The van der Waals surface area contributed by atoms with E-state index in [0.29, 0.717) is 49.8 Å². The van der Waals surface area contributed by atoms with Crippen molar-refractivity contribution in [1.82, 2.24) is 15.0 Å². The number of oxazole rings is 1. The number of anilines is 2. The Morgan fingerprint density at radius 3 is 2.97 bits per heavy atom. The maximum Gasteiger partial charge on any atom is 0.292 e. The molecule has 2 aromatic heterocycles. The number of nitrogen functional groups attached to an aromatic ring is 1. The molecule has 1 saturated heterocycles. The second kappa shape index (κ2) is 7.74. The highest BCUT2D eigenvalue weighted by Gasteiger charge is 2.41. The van der Waals surface area contributed by atoms with E-state index in [0.717, 1.165) is 29.2 Å². The number of nitrogens with zero attached hydrogens (tertiary/aromatic N) is 4. The Kier molecular flexibility index (Phi) is 5.04. The molecule has 5 rings (SSSR count). The Morgan fingerprint density at radius 2 is 2.16 bits per heavy atom. The Labute approximate surface area is 180 Å². The highest BCUT2D eigenvalue weighted by molar-refractivity contribution is 5.80. The van der Waals surface area contributed by atoms with Gasteiger partial charge in [0, 0.05) is 37.8 Å². The zero-order valence-electron chi connectivity index (χ0n) is 18.1. The highest BCUT2D eigenvalue weighted by atomic mass is 16.5. The number of benzene rings is 1. The molecule has 0 spiro atoms. The summed E-state index contributed by atoms with van der Waals surface area (Å²) in [7, 11) is 1.70. The summed E-state index contributed by atoms with van der Waals surface area (Å²) in [5, 5.41) is 0. The molecule has 164 valence electrons. The summed E-state index contributed by atoms with van der Waals surface area (Å²) in [6, 6.07) is 6.05. The van der Waals surface area contributed by atoms with Gasteiger partial charge in [-0.05, 0) is 32.0 Å². The van der Waals surface area contributed by atoms with Crippen LogP contribution in [-0.4, -0.2) is 54.5 Å². The fourth-order valence-corrected chi connectivity index (χ4v) is 4.32. The fourth-order valence-electron chi connectivity index (χ4n) is 4.32. The Balaban J connectivity index is 1.65. The molecule has 0 aliphatic carbocycles. The molecule has 2 aliphatic heterocycles. The fraction of sp³-hybridized carbons (Fsp3) is 0.500. The number of rotatable bonds is 5. The van der Waals surface area contributed by atoms with E-state index in [9.17, 15) is 0 Å². The molecule has 9 nitrogen and oxygen atoms in total. The first-order valence-electron chi connectivity index (χ1n) is 10.5. The predicted octanol–water partition coefficient (Wildman–Crippen LogP) is 2.87. The maximum absolute atomic E-state index is 6.26. The van der Waals surface area contributed by atoms with Gasteiger partial charge in [-0.15, -0.1) is 0 Å². The molecular weight excluding hydrogens is 398 g/mol. The number of fused-ring (bicyclic) bond motifs is 2. The van der Waals surface area contributed by atoms with Crippen LogP contribution in [0.1, 0.15) is 31.5 Å². The summed E-state index contributed by atoms with van der Waals surface area (Å²) in [5.41, 5.74) is 9.32. The lowest BCUT2D eigenvalue weighted by molar-refractivity contribution is -0.0448. The van der Waals surface area contributed by atoms with Gasteiger partial charge in [-0.1, -0.05) is 0 Å². The van der Waals surface area contributed by atoms with E-state index in [4.69, 9.17) is 34.3 Å². The van der Waals surface area contributed by atoms with Crippen LogP contribution in [0.25, 0.3) is 22.5 Å². The molecule has 31 heavy (non-hydrogen) atoms. The lowest BCUT2D eigenvalue weighted by Crippen LogP contribution is -2.44. The number of hydrogen-bond donors (Lipinski definition) is 1. The van der Waals surface area contributed by atoms with E-state index >= 15 is 0 Å². The summed E-state index contributed by atoms with van der Waals surface area (Å²) in [6.07, 6.45) is 0.712. The van der Waals surface area contributed by atoms with Crippen molar-refractivity contribution in [2.75, 3.05) is 44.1 Å². The van der Waals surface area contributed by atoms with Crippen LogP contribution in [0.2, 0.25) is 0 Å². The minimum absolute atomic E-state index is 0.144. The smallest absolute Gasteiger partial charge is 0.292 e. The zero-order chi connectivity index (χ0) is 21.6. The van der Waals surface area contributed by atoms with Gasteiger partial charge in [0.1, 0.15) is 16.9 Å². The molecule has 2 aliphatic rings. The van der Waals surface area contributed by atoms with Crippen LogP contribution in [0.4, 0.5) is 11.8 Å². The van der Waals surface area contributed by atoms with Crippen molar-refractivity contribution in [2.24, 2.45) is 0 Å². The first-order valence-corrected chi connectivity index (χ1v) is 10.5. The third-order valence-electron chi connectivity index (χ3n) is 6.11. The van der Waals surface area contributed by atoms with Crippen LogP contribution < -0.4 is 10.6 Å². The van der Waals surface area contributed by atoms with Crippen molar-refractivity contribution >= 4 is 22.9 Å². The lowest BCUT2D eigenvalue weighted by Gasteiger charge is -2.35. The molecular formula is C22H27N5O4. The van der Waals surface area contributed by atoms with Crippen LogP contribution in [0.5, 0.6) is 0 Å². The van der Waals surface area contributed by atoms with Crippen LogP contribution in [0.3, 0.4) is 0 Å². The van der Waals surface area contributed by atoms with E-state index in [1.165, 1.54) is 0 Å². The summed E-state index contributed by atoms with van der Waals surface area (Å²) < 4.78 is 22.7. The Bertz CT molecular complexity index is 1120. The van der Waals surface area contributed by atoms with Gasteiger partial charge in [-0.3, -0.25) is 0 Å². The van der Waals surface area contributed by atoms with E-state index in [-0.39, 0.29) is 12.1 Å². The molecule has 9 heteroatoms. The van der Waals surface area contributed by atoms with Crippen molar-refractivity contribution in [1.29, 1.82) is 0 Å². The number of morpholine rings is 1. The maximum atomic E-state index is 6.26. The van der Waals surface area contributed by atoms with E-state index in [1.807, 2.05) is 18.2 Å². The Hall–Kier alpha value is -2.75. The average Bonchev–Trinajstić information content (AvgIpc) is 3.31. The van der Waals surface area contributed by atoms with Crippen molar-refractivity contribution in [3.63, 3.8) is 0 Å². The van der Waals surface area contributed by atoms with Crippen molar-refractivity contribution in [3.05, 3.63) is 29.5 Å². The molecule has 0 saturated carbocycles. The standard InChI is InChI=1S/C22H27N5O4/c1-13-11-29-9-7-27(13)20-15-12-30-22(2,6-8-28-3)18(15)25-19(26-20)14-4-5-17-16(10-14)24-21(23)31-17/h4-5,10,13H,6-9,11-12H2,1-3H3,(H2,23,24). The third-order valence-corrected chi connectivity index (χ3v) is 6.11. The van der Waals surface area contributed by atoms with Crippen molar-refractivity contribution < 1.29 is 18.6 Å². The van der Waals surface area contributed by atoms with Crippen molar-refractivity contribution in [2.45, 2.75) is 38.5 Å². The minimum atomic E-state index is -0.532. The number of methoxy groups -OCH3 is 1. The van der Waals surface area contributed by atoms with E-state index in [2.05, 4.69) is 23.7 Å². The zero-order valence-corrected chi connectivity index (χ0v) is 18.1. The van der Waals surface area contributed by atoms with E-state index in [1.54, 1.807) is 7.11 Å². The van der Waals surface area contributed by atoms with Gasteiger partial charge in [0.2, 0.25) is 0 Å². The normalized spacial score (nSPS) is 23.5. The van der Waals surface area contributed by atoms with Crippen LogP contribution in [-0.2, 0) is 26.4 Å². The molecule has 1 aromatic carbocycles. The SMILES string of the molecule is COCCC1(C)OCc2c(N3CCOCC3C)nc(-c3ccc4oc(N)nc4c3)nc21. The van der Waals surface area contributed by atoms with Gasteiger partial charge in [-0.2, -0.15) is 4.98 Å². The third kappa shape index (κ3) is 3.52. The number of aromatic nitrogens is 3. The molecule has 2 unspecified atom stereocenters. The van der Waals surface area contributed by atoms with Gasteiger partial charge in [0.05, 0.1) is 31.6 Å². The predicted molar refractivity (Wildman–Crippen MR) is 116 cm³/mol. The van der Waals surface area contributed by atoms with Gasteiger partial charge in [0.15, 0.2) is 11.4 Å². The highest BCUT2D eigenvalue weighted by Crippen LogP contribution is 2.43. The van der Waals surface area contributed by atoms with Crippen LogP contribution in [0.15, 0.2) is 22.6 Å².